The standard InChI is InChI=1S/C16H18BrN3O2/c17-13-3-5-14(6-4-13)19-7-9-20(10-8-19)16(21)18-12-15-2-1-11-22-15/h1-6,11H,7-10,12H2,(H,18,21). The molecule has 1 aliphatic rings. The summed E-state index contributed by atoms with van der Waals surface area (Å²) < 4.78 is 6.29. The van der Waals surface area contributed by atoms with Gasteiger partial charge in [0.1, 0.15) is 5.76 Å². The number of rotatable bonds is 3. The van der Waals surface area contributed by atoms with Crippen LogP contribution in [-0.4, -0.2) is 37.1 Å². The van der Waals surface area contributed by atoms with E-state index in [0.717, 1.165) is 36.4 Å². The van der Waals surface area contributed by atoms with E-state index in [1.807, 2.05) is 29.2 Å². The number of piperazine rings is 1. The third kappa shape index (κ3) is 3.62. The van der Waals surface area contributed by atoms with Gasteiger partial charge in [0, 0.05) is 36.3 Å². The van der Waals surface area contributed by atoms with E-state index in [2.05, 4.69) is 38.3 Å². The van der Waals surface area contributed by atoms with Crippen molar-refractivity contribution in [3.8, 4) is 0 Å². The highest BCUT2D eigenvalue weighted by Crippen LogP contribution is 2.19. The molecule has 2 aromatic rings. The van der Waals surface area contributed by atoms with Crippen LogP contribution in [0.3, 0.4) is 0 Å². The van der Waals surface area contributed by atoms with Gasteiger partial charge in [-0.25, -0.2) is 4.79 Å². The van der Waals surface area contributed by atoms with Gasteiger partial charge in [-0.05, 0) is 36.4 Å². The highest BCUT2D eigenvalue weighted by atomic mass is 79.9. The van der Waals surface area contributed by atoms with Crippen LogP contribution in [0.15, 0.2) is 51.6 Å². The lowest BCUT2D eigenvalue weighted by Crippen LogP contribution is -2.51. The van der Waals surface area contributed by atoms with E-state index in [-0.39, 0.29) is 6.03 Å². The van der Waals surface area contributed by atoms with Crippen LogP contribution in [0.5, 0.6) is 0 Å². The van der Waals surface area contributed by atoms with Crippen molar-refractivity contribution in [2.24, 2.45) is 0 Å². The number of nitrogens with one attached hydrogen (secondary N) is 1. The fourth-order valence-corrected chi connectivity index (χ4v) is 2.77. The van der Waals surface area contributed by atoms with E-state index in [4.69, 9.17) is 4.42 Å². The number of urea groups is 1. The maximum atomic E-state index is 12.1. The largest absolute Gasteiger partial charge is 0.467 e. The fraction of sp³-hybridized carbons (Fsp3) is 0.312. The van der Waals surface area contributed by atoms with Crippen molar-refractivity contribution in [3.05, 3.63) is 52.9 Å². The van der Waals surface area contributed by atoms with E-state index in [9.17, 15) is 4.79 Å². The molecule has 0 bridgehead atoms. The monoisotopic (exact) mass is 363 g/mol. The lowest BCUT2D eigenvalue weighted by atomic mass is 10.2. The summed E-state index contributed by atoms with van der Waals surface area (Å²) in [5, 5.41) is 2.89. The van der Waals surface area contributed by atoms with Crippen molar-refractivity contribution in [3.63, 3.8) is 0 Å². The summed E-state index contributed by atoms with van der Waals surface area (Å²) in [6.45, 7) is 3.56. The number of benzene rings is 1. The van der Waals surface area contributed by atoms with E-state index < -0.39 is 0 Å². The van der Waals surface area contributed by atoms with Crippen molar-refractivity contribution >= 4 is 27.6 Å². The number of carbonyl (C=O) groups is 1. The van der Waals surface area contributed by atoms with Crippen molar-refractivity contribution in [2.45, 2.75) is 6.54 Å². The zero-order valence-electron chi connectivity index (χ0n) is 12.2. The quantitative estimate of drug-likeness (QED) is 0.911. The molecule has 0 radical (unpaired) electrons. The molecule has 2 heterocycles. The molecule has 0 aliphatic carbocycles. The topological polar surface area (TPSA) is 48.7 Å². The average Bonchev–Trinajstić information content (AvgIpc) is 3.07. The van der Waals surface area contributed by atoms with Gasteiger partial charge in [-0.3, -0.25) is 0 Å². The van der Waals surface area contributed by atoms with Gasteiger partial charge < -0.3 is 19.5 Å². The maximum absolute atomic E-state index is 12.1. The third-order valence-electron chi connectivity index (χ3n) is 3.75. The predicted molar refractivity (Wildman–Crippen MR) is 88.9 cm³/mol. The minimum Gasteiger partial charge on any atom is -0.467 e. The number of nitrogens with zero attached hydrogens (tertiary/aromatic N) is 2. The molecular formula is C16H18BrN3O2. The van der Waals surface area contributed by atoms with Crippen LogP contribution in [0.1, 0.15) is 5.76 Å². The lowest BCUT2D eigenvalue weighted by Gasteiger charge is -2.36. The summed E-state index contributed by atoms with van der Waals surface area (Å²) >= 11 is 3.44. The van der Waals surface area contributed by atoms with Crippen molar-refractivity contribution in [2.75, 3.05) is 31.1 Å². The summed E-state index contributed by atoms with van der Waals surface area (Å²) in [4.78, 5) is 16.3. The van der Waals surface area contributed by atoms with Gasteiger partial charge in [0.2, 0.25) is 0 Å². The van der Waals surface area contributed by atoms with Gasteiger partial charge in [-0.15, -0.1) is 0 Å². The maximum Gasteiger partial charge on any atom is 0.317 e. The Bertz CT molecular complexity index is 605. The molecule has 1 saturated heterocycles. The number of carbonyl (C=O) groups excluding carboxylic acids is 1. The molecule has 1 aliphatic heterocycles. The lowest BCUT2D eigenvalue weighted by molar-refractivity contribution is 0.193. The Hall–Kier alpha value is -1.95. The minimum atomic E-state index is -0.0353. The van der Waals surface area contributed by atoms with Gasteiger partial charge in [-0.1, -0.05) is 15.9 Å². The second-order valence-electron chi connectivity index (χ2n) is 5.19. The summed E-state index contributed by atoms with van der Waals surface area (Å²) in [5.74, 6) is 0.766. The molecular weight excluding hydrogens is 346 g/mol. The van der Waals surface area contributed by atoms with Gasteiger partial charge in [0.15, 0.2) is 0 Å². The molecule has 1 aromatic carbocycles. The molecule has 2 amide bonds. The Morgan fingerprint density at radius 1 is 1.14 bits per heavy atom. The van der Waals surface area contributed by atoms with Gasteiger partial charge in [-0.2, -0.15) is 0 Å². The van der Waals surface area contributed by atoms with E-state index in [1.54, 1.807) is 6.26 Å². The SMILES string of the molecule is O=C(NCc1ccco1)N1CCN(c2ccc(Br)cc2)CC1. The number of hydrogen-bond donors (Lipinski definition) is 1. The van der Waals surface area contributed by atoms with Gasteiger partial charge in [0.25, 0.3) is 0 Å². The van der Waals surface area contributed by atoms with Crippen LogP contribution in [0.4, 0.5) is 10.5 Å². The highest BCUT2D eigenvalue weighted by Gasteiger charge is 2.21. The predicted octanol–water partition coefficient (Wildman–Crippen LogP) is 3.07. The molecule has 3 rings (SSSR count). The summed E-state index contributed by atoms with van der Waals surface area (Å²) in [6.07, 6.45) is 1.61. The molecule has 0 atom stereocenters. The van der Waals surface area contributed by atoms with Crippen molar-refractivity contribution < 1.29 is 9.21 Å². The Labute approximate surface area is 138 Å². The van der Waals surface area contributed by atoms with Crippen LogP contribution < -0.4 is 10.2 Å². The molecule has 0 saturated carbocycles. The molecule has 5 nitrogen and oxygen atoms in total. The first kappa shape index (κ1) is 15.0. The first-order chi connectivity index (χ1) is 10.7. The Kier molecular flexibility index (Phi) is 4.68. The second-order valence-corrected chi connectivity index (χ2v) is 6.10. The molecule has 0 spiro atoms. The highest BCUT2D eigenvalue weighted by molar-refractivity contribution is 9.10. The zero-order chi connectivity index (χ0) is 15.4. The summed E-state index contributed by atoms with van der Waals surface area (Å²) in [7, 11) is 0. The first-order valence-electron chi connectivity index (χ1n) is 7.28. The number of amides is 2. The third-order valence-corrected chi connectivity index (χ3v) is 4.28. The minimum absolute atomic E-state index is 0.0353. The number of anilines is 1. The summed E-state index contributed by atoms with van der Waals surface area (Å²) in [6, 6.07) is 11.9. The number of halogens is 1. The molecule has 1 N–H and O–H groups in total. The van der Waals surface area contributed by atoms with E-state index in [0.29, 0.717) is 6.54 Å². The van der Waals surface area contributed by atoms with E-state index >= 15 is 0 Å². The smallest absolute Gasteiger partial charge is 0.317 e. The molecule has 116 valence electrons. The van der Waals surface area contributed by atoms with Crippen molar-refractivity contribution in [1.82, 2.24) is 10.2 Å². The molecule has 1 aromatic heterocycles. The number of hydrogen-bond acceptors (Lipinski definition) is 3. The fourth-order valence-electron chi connectivity index (χ4n) is 2.51. The van der Waals surface area contributed by atoms with Crippen LogP contribution in [0.25, 0.3) is 0 Å². The second kappa shape index (κ2) is 6.87. The van der Waals surface area contributed by atoms with Crippen LogP contribution in [0.2, 0.25) is 0 Å². The molecule has 6 heteroatoms. The average molecular weight is 364 g/mol. The van der Waals surface area contributed by atoms with Gasteiger partial charge >= 0.3 is 6.03 Å². The number of furan rings is 1. The zero-order valence-corrected chi connectivity index (χ0v) is 13.8. The van der Waals surface area contributed by atoms with Gasteiger partial charge in [0.05, 0.1) is 12.8 Å². The van der Waals surface area contributed by atoms with Crippen LogP contribution >= 0.6 is 15.9 Å². The molecule has 0 unspecified atom stereocenters. The molecule has 1 fully saturated rings. The van der Waals surface area contributed by atoms with Crippen molar-refractivity contribution in [1.29, 1.82) is 0 Å². The Balaban J connectivity index is 1.48. The normalized spacial score (nSPS) is 15.0. The Morgan fingerprint density at radius 2 is 1.86 bits per heavy atom. The summed E-state index contributed by atoms with van der Waals surface area (Å²) in [5.41, 5.74) is 1.19. The Morgan fingerprint density at radius 3 is 2.50 bits per heavy atom. The molecule has 22 heavy (non-hydrogen) atoms. The van der Waals surface area contributed by atoms with Crippen LogP contribution in [-0.2, 0) is 6.54 Å². The van der Waals surface area contributed by atoms with E-state index in [1.165, 1.54) is 5.69 Å². The van der Waals surface area contributed by atoms with Crippen LogP contribution in [0, 0.1) is 0 Å². The first-order valence-corrected chi connectivity index (χ1v) is 8.07.